The van der Waals surface area contributed by atoms with Gasteiger partial charge < -0.3 is 44.5 Å². The van der Waals surface area contributed by atoms with E-state index in [1.807, 2.05) is 109 Å². The molecule has 6 fully saturated rings. The number of anilines is 3. The van der Waals surface area contributed by atoms with E-state index in [-0.39, 0.29) is 23.5 Å². The lowest BCUT2D eigenvalue weighted by Crippen LogP contribution is -2.45. The van der Waals surface area contributed by atoms with Crippen molar-refractivity contribution in [3.05, 3.63) is 37.2 Å². The van der Waals surface area contributed by atoms with Crippen LogP contribution in [-0.2, 0) is 35.4 Å². The van der Waals surface area contributed by atoms with Crippen LogP contribution in [-0.4, -0.2) is 142 Å². The normalized spacial score (nSPS) is 27.3. The smallest absolute Gasteiger partial charge is 0.410 e. The first-order valence-electron chi connectivity index (χ1n) is 24.2. The first-order chi connectivity index (χ1) is 31.0. The topological polar surface area (TPSA) is 160 Å². The lowest BCUT2D eigenvalue weighted by atomic mass is 9.61. The van der Waals surface area contributed by atoms with Gasteiger partial charge in [0.15, 0.2) is 0 Å². The van der Waals surface area contributed by atoms with Gasteiger partial charge in [-0.2, -0.15) is 15.3 Å². The van der Waals surface area contributed by atoms with Gasteiger partial charge in [-0.05, 0) is 134 Å². The minimum absolute atomic E-state index is 0.157. The summed E-state index contributed by atoms with van der Waals surface area (Å²) in [5.74, 6) is 1.79. The Balaban J connectivity index is 0.000000153. The third-order valence-electron chi connectivity index (χ3n) is 14.3. The number of hydrogen-bond acceptors (Lipinski definition) is 12. The molecule has 0 radical (unpaired) electrons. The van der Waals surface area contributed by atoms with Crippen LogP contribution in [0.3, 0.4) is 0 Å². The van der Waals surface area contributed by atoms with Gasteiger partial charge in [-0.3, -0.25) is 14.0 Å². The summed E-state index contributed by atoms with van der Waals surface area (Å²) in [7, 11) is 12.0. The van der Waals surface area contributed by atoms with Crippen LogP contribution in [0.2, 0.25) is 0 Å². The lowest BCUT2D eigenvalue weighted by Gasteiger charge is -2.46. The molecule has 3 aliphatic heterocycles. The average molecular weight is 919 g/mol. The third-order valence-corrected chi connectivity index (χ3v) is 14.3. The quantitative estimate of drug-likeness (QED) is 0.228. The van der Waals surface area contributed by atoms with Gasteiger partial charge in [0.2, 0.25) is 0 Å². The number of nitrogens with one attached hydrogen (secondary N) is 2. The zero-order valence-electron chi connectivity index (χ0n) is 42.3. The van der Waals surface area contributed by atoms with E-state index in [1.165, 1.54) is 63.1 Å². The fourth-order valence-electron chi connectivity index (χ4n) is 11.1. The standard InChI is InChI=1S/C18H30N4O2.C13H22N4.C13H21NO3.C5H9N3/c1-17(2,3)24-16(23)22-7-6-18(13-22)8-14(9-18)11-20(4)15-10-19-21(5)12-15;1-16(12-7-15-17(2)9-12)8-11-5-13(6-11)3-4-14-10-13;1-12(2,3)17-11(16)14-5-4-13(9-14)6-10(7-13)8-15;1-6-5-3-7-8(2)4-5/h10,12,14H,6-9,11,13H2,1-5H3;7,9,11,14H,3-6,8,10H2,1-2H3;8,10H,4-7,9H2,1-3H3;3-4,6H,1-2H3. The number of ether oxygens (including phenoxy) is 2. The molecular weight excluding hydrogens is 837 g/mol. The highest BCUT2D eigenvalue weighted by Crippen LogP contribution is 2.53. The fraction of sp³-hybridized carbons (Fsp3) is 0.755. The van der Waals surface area contributed by atoms with Gasteiger partial charge in [-0.25, -0.2) is 9.59 Å². The molecule has 6 heterocycles. The summed E-state index contributed by atoms with van der Waals surface area (Å²) in [6.07, 6.45) is 23.0. The van der Waals surface area contributed by atoms with E-state index < -0.39 is 11.2 Å². The highest BCUT2D eigenvalue weighted by atomic mass is 16.6. The van der Waals surface area contributed by atoms with Crippen LogP contribution < -0.4 is 20.4 Å². The second-order valence-electron chi connectivity index (χ2n) is 22.7. The Morgan fingerprint density at radius 3 is 1.50 bits per heavy atom. The molecule has 2 N–H and O–H groups in total. The molecule has 3 aliphatic carbocycles. The number of aryl methyl sites for hydroxylation is 3. The van der Waals surface area contributed by atoms with Gasteiger partial charge >= 0.3 is 12.2 Å². The van der Waals surface area contributed by atoms with Crippen molar-refractivity contribution in [3.63, 3.8) is 0 Å². The Bertz CT molecular complexity index is 2040. The number of amides is 2. The van der Waals surface area contributed by atoms with Gasteiger partial charge in [-0.1, -0.05) is 0 Å². The number of rotatable bonds is 8. The van der Waals surface area contributed by atoms with E-state index in [4.69, 9.17) is 9.47 Å². The van der Waals surface area contributed by atoms with Gasteiger partial charge in [0.1, 0.15) is 17.5 Å². The molecule has 3 spiro atoms. The van der Waals surface area contributed by atoms with Crippen molar-refractivity contribution in [3.8, 4) is 0 Å². The van der Waals surface area contributed by atoms with Crippen LogP contribution in [0.5, 0.6) is 0 Å². The van der Waals surface area contributed by atoms with Crippen molar-refractivity contribution in [2.75, 3.05) is 88.6 Å². The van der Waals surface area contributed by atoms with Crippen molar-refractivity contribution in [1.29, 1.82) is 0 Å². The summed E-state index contributed by atoms with van der Waals surface area (Å²) in [6.45, 7) is 19.3. The van der Waals surface area contributed by atoms with Crippen LogP contribution in [0.15, 0.2) is 37.2 Å². The van der Waals surface area contributed by atoms with Crippen LogP contribution in [0.4, 0.5) is 26.7 Å². The molecule has 3 saturated heterocycles. The first kappa shape index (κ1) is 50.6. The molecule has 0 unspecified atom stereocenters. The minimum Gasteiger partial charge on any atom is -0.444 e. The molecule has 2 amide bonds. The van der Waals surface area contributed by atoms with Crippen LogP contribution in [0.1, 0.15) is 99.3 Å². The molecule has 0 aromatic carbocycles. The maximum atomic E-state index is 12.2. The molecule has 0 atom stereocenters. The van der Waals surface area contributed by atoms with Crippen molar-refractivity contribution in [2.45, 2.75) is 111 Å². The van der Waals surface area contributed by atoms with E-state index in [0.29, 0.717) is 16.7 Å². The van der Waals surface area contributed by atoms with Crippen molar-refractivity contribution in [1.82, 2.24) is 44.5 Å². The molecule has 3 aromatic heterocycles. The summed E-state index contributed by atoms with van der Waals surface area (Å²) in [6, 6.07) is 0. The number of carbonyl (C=O) groups is 3. The average Bonchev–Trinajstić information content (AvgIpc) is 4.05. The molecule has 3 saturated carbocycles. The Morgan fingerprint density at radius 2 is 1.15 bits per heavy atom. The van der Waals surface area contributed by atoms with Crippen molar-refractivity contribution >= 4 is 35.5 Å². The zero-order chi connectivity index (χ0) is 48.1. The van der Waals surface area contributed by atoms with Gasteiger partial charge in [0.25, 0.3) is 0 Å². The maximum Gasteiger partial charge on any atom is 0.410 e. The minimum atomic E-state index is -0.433. The molecule has 9 rings (SSSR count). The maximum absolute atomic E-state index is 12.2. The number of nitrogens with zero attached hydrogens (tertiary/aromatic N) is 10. The van der Waals surface area contributed by atoms with Crippen LogP contribution in [0, 0.1) is 34.0 Å². The fourth-order valence-corrected chi connectivity index (χ4v) is 11.1. The van der Waals surface area contributed by atoms with Crippen molar-refractivity contribution in [2.24, 2.45) is 55.1 Å². The number of likely N-dealkylation sites (tertiary alicyclic amines) is 2. The third kappa shape index (κ3) is 13.7. The summed E-state index contributed by atoms with van der Waals surface area (Å²) in [5, 5.41) is 18.9. The molecule has 17 nitrogen and oxygen atoms in total. The number of carbonyl (C=O) groups excluding carboxylic acids is 3. The Morgan fingerprint density at radius 1 is 0.712 bits per heavy atom. The van der Waals surface area contributed by atoms with E-state index in [1.54, 1.807) is 15.8 Å². The number of aromatic nitrogens is 6. The van der Waals surface area contributed by atoms with Crippen LogP contribution >= 0.6 is 0 Å². The zero-order valence-corrected chi connectivity index (χ0v) is 42.3. The highest BCUT2D eigenvalue weighted by molar-refractivity contribution is 5.69. The molecule has 66 heavy (non-hydrogen) atoms. The van der Waals surface area contributed by atoms with Gasteiger partial charge in [0, 0.05) is 113 Å². The second-order valence-corrected chi connectivity index (χ2v) is 22.7. The molecule has 3 aromatic rings. The number of aldehydes is 1. The highest BCUT2D eigenvalue weighted by Gasteiger charge is 2.51. The predicted octanol–water partition coefficient (Wildman–Crippen LogP) is 6.82. The van der Waals surface area contributed by atoms with Crippen molar-refractivity contribution < 1.29 is 23.9 Å². The largest absolute Gasteiger partial charge is 0.444 e. The van der Waals surface area contributed by atoms with E-state index in [9.17, 15) is 14.4 Å². The number of hydrogen-bond donors (Lipinski definition) is 2. The van der Waals surface area contributed by atoms with E-state index >= 15 is 0 Å². The van der Waals surface area contributed by atoms with E-state index in [2.05, 4.69) is 56.0 Å². The first-order valence-corrected chi connectivity index (χ1v) is 24.2. The Kier molecular flexibility index (Phi) is 15.8. The Hall–Kier alpha value is -4.80. The van der Waals surface area contributed by atoms with E-state index in [0.717, 1.165) is 76.3 Å². The Labute approximate surface area is 394 Å². The molecule has 6 aliphatic rings. The molecule has 0 bridgehead atoms. The summed E-state index contributed by atoms with van der Waals surface area (Å²) in [5.41, 5.74) is 3.81. The van der Waals surface area contributed by atoms with Gasteiger partial charge in [0.05, 0.1) is 35.7 Å². The monoisotopic (exact) mass is 919 g/mol. The molecule has 17 heteroatoms. The van der Waals surface area contributed by atoms with Crippen LogP contribution in [0.25, 0.3) is 0 Å². The summed E-state index contributed by atoms with van der Waals surface area (Å²) in [4.78, 5) is 43.0. The van der Waals surface area contributed by atoms with Gasteiger partial charge in [-0.15, -0.1) is 0 Å². The summed E-state index contributed by atoms with van der Waals surface area (Å²) < 4.78 is 16.3. The molecule has 368 valence electrons. The molecular formula is C49H82N12O5. The SMILES string of the molecule is CC(C)(C)OC(=O)N1CCC2(CC(C=O)C2)C1.CN(CC1CC2(CCN(C(=O)OC(C)(C)C)C2)C1)c1cnn(C)c1.CN(CC1CC2(CCNC2)C1)c1cnn(C)c1.CNc1cnn(C)c1. The predicted molar refractivity (Wildman–Crippen MR) is 260 cm³/mol. The lowest BCUT2D eigenvalue weighted by molar-refractivity contribution is -0.117. The second kappa shape index (κ2) is 20.6. The summed E-state index contributed by atoms with van der Waals surface area (Å²) >= 11 is 0.